The Balaban J connectivity index is 2.72. The molecule has 0 fully saturated rings. The van der Waals surface area contributed by atoms with Gasteiger partial charge in [-0.25, -0.2) is 0 Å². The fourth-order valence-electron chi connectivity index (χ4n) is 1.86. The van der Waals surface area contributed by atoms with Crippen LogP contribution in [0.15, 0.2) is 18.2 Å². The molecule has 108 valence electrons. The molecule has 0 radical (unpaired) electrons. The van der Waals surface area contributed by atoms with Crippen LogP contribution in [0.4, 0.5) is 5.69 Å². The Morgan fingerprint density at radius 1 is 1.16 bits per heavy atom. The number of nitrogens with zero attached hydrogens (tertiary/aromatic N) is 1. The molecule has 0 heterocycles. The molecule has 2 N–H and O–H groups in total. The van der Waals surface area contributed by atoms with Crippen LogP contribution in [0.3, 0.4) is 0 Å². The van der Waals surface area contributed by atoms with Crippen molar-refractivity contribution in [3.63, 3.8) is 0 Å². The zero-order valence-corrected chi connectivity index (χ0v) is 12.8. The average molecular weight is 285 g/mol. The first-order chi connectivity index (χ1) is 8.85. The minimum absolute atomic E-state index is 0.487. The highest BCUT2D eigenvalue weighted by Gasteiger charge is 2.17. The lowest BCUT2D eigenvalue weighted by molar-refractivity contribution is 0.462. The van der Waals surface area contributed by atoms with Crippen LogP contribution in [0.2, 0.25) is 0 Å². The van der Waals surface area contributed by atoms with Gasteiger partial charge in [-0.15, -0.1) is 0 Å². The lowest BCUT2D eigenvalue weighted by Gasteiger charge is -2.18. The summed E-state index contributed by atoms with van der Waals surface area (Å²) in [5.41, 5.74) is 2.68. The van der Waals surface area contributed by atoms with E-state index in [-0.39, 0.29) is 0 Å². The third kappa shape index (κ3) is 5.18. The first-order valence-electron chi connectivity index (χ1n) is 6.32. The van der Waals surface area contributed by atoms with E-state index in [0.717, 1.165) is 24.1 Å². The molecule has 1 aromatic carbocycles. The molecule has 0 amide bonds. The van der Waals surface area contributed by atoms with Crippen molar-refractivity contribution in [1.29, 1.82) is 0 Å². The van der Waals surface area contributed by atoms with Crippen LogP contribution in [0.25, 0.3) is 0 Å². The van der Waals surface area contributed by atoms with Crippen LogP contribution in [-0.4, -0.2) is 39.9 Å². The van der Waals surface area contributed by atoms with Crippen LogP contribution >= 0.6 is 0 Å². The molecule has 5 nitrogen and oxygen atoms in total. The van der Waals surface area contributed by atoms with Gasteiger partial charge in [-0.1, -0.05) is 6.07 Å². The Morgan fingerprint density at radius 3 is 2.26 bits per heavy atom. The van der Waals surface area contributed by atoms with Gasteiger partial charge in [-0.2, -0.15) is 12.7 Å². The maximum atomic E-state index is 12.1. The van der Waals surface area contributed by atoms with Gasteiger partial charge in [0, 0.05) is 13.6 Å². The average Bonchev–Trinajstić information content (AvgIpc) is 2.26. The standard InChI is InChI=1S/C13H23N3O2S/c1-11-8-12(2)10-13(9-11)15-19(17,18)16(4)7-5-6-14-3/h8-10,14-15H,5-7H2,1-4H3. The van der Waals surface area contributed by atoms with Gasteiger partial charge in [0.25, 0.3) is 0 Å². The highest BCUT2D eigenvalue weighted by atomic mass is 32.2. The monoisotopic (exact) mass is 285 g/mol. The second kappa shape index (κ2) is 6.88. The van der Waals surface area contributed by atoms with Crippen LogP contribution in [0, 0.1) is 13.8 Å². The molecular weight excluding hydrogens is 262 g/mol. The van der Waals surface area contributed by atoms with Crippen molar-refractivity contribution in [2.24, 2.45) is 0 Å². The van der Waals surface area contributed by atoms with E-state index in [1.807, 2.05) is 39.1 Å². The lowest BCUT2D eigenvalue weighted by atomic mass is 10.1. The summed E-state index contributed by atoms with van der Waals surface area (Å²) >= 11 is 0. The van der Waals surface area contributed by atoms with Crippen molar-refractivity contribution in [3.05, 3.63) is 29.3 Å². The molecule has 0 aliphatic carbocycles. The number of hydrogen-bond donors (Lipinski definition) is 2. The van der Waals surface area contributed by atoms with Crippen LogP contribution in [0.5, 0.6) is 0 Å². The molecule has 0 aliphatic heterocycles. The quantitative estimate of drug-likeness (QED) is 0.746. The molecule has 1 rings (SSSR count). The molecule has 6 heteroatoms. The second-order valence-electron chi connectivity index (χ2n) is 4.76. The van der Waals surface area contributed by atoms with E-state index >= 15 is 0 Å². The molecule has 19 heavy (non-hydrogen) atoms. The third-order valence-electron chi connectivity index (χ3n) is 2.78. The van der Waals surface area contributed by atoms with Crippen molar-refractivity contribution in [2.45, 2.75) is 20.3 Å². The van der Waals surface area contributed by atoms with Gasteiger partial charge >= 0.3 is 10.2 Å². The highest BCUT2D eigenvalue weighted by Crippen LogP contribution is 2.16. The molecule has 0 saturated carbocycles. The molecule has 0 atom stereocenters. The Labute approximate surface area is 116 Å². The van der Waals surface area contributed by atoms with Crippen molar-refractivity contribution in [3.8, 4) is 0 Å². The molecule has 0 aliphatic rings. The number of anilines is 1. The van der Waals surface area contributed by atoms with E-state index in [9.17, 15) is 8.42 Å². The minimum atomic E-state index is -3.47. The Bertz CT molecular complexity index is 494. The molecular formula is C13H23N3O2S. The summed E-state index contributed by atoms with van der Waals surface area (Å²) in [5.74, 6) is 0. The van der Waals surface area contributed by atoms with Gasteiger partial charge in [0.1, 0.15) is 0 Å². The van der Waals surface area contributed by atoms with Gasteiger partial charge in [0.2, 0.25) is 0 Å². The first kappa shape index (κ1) is 15.9. The number of aryl methyl sites for hydroxylation is 2. The fraction of sp³-hybridized carbons (Fsp3) is 0.538. The maximum absolute atomic E-state index is 12.1. The summed E-state index contributed by atoms with van der Waals surface area (Å²) in [4.78, 5) is 0. The van der Waals surface area contributed by atoms with E-state index in [0.29, 0.717) is 12.2 Å². The predicted molar refractivity (Wildman–Crippen MR) is 79.6 cm³/mol. The van der Waals surface area contributed by atoms with E-state index in [1.54, 1.807) is 7.05 Å². The molecule has 0 bridgehead atoms. The third-order valence-corrected chi connectivity index (χ3v) is 4.28. The van der Waals surface area contributed by atoms with E-state index < -0.39 is 10.2 Å². The van der Waals surface area contributed by atoms with Crippen LogP contribution < -0.4 is 10.0 Å². The summed E-state index contributed by atoms with van der Waals surface area (Å²) in [6.07, 6.45) is 0.779. The van der Waals surface area contributed by atoms with Crippen LogP contribution in [0.1, 0.15) is 17.5 Å². The smallest absolute Gasteiger partial charge is 0.301 e. The van der Waals surface area contributed by atoms with E-state index in [2.05, 4.69) is 10.0 Å². The predicted octanol–water partition coefficient (Wildman–Crippen LogP) is 1.50. The Hall–Kier alpha value is -1.11. The lowest BCUT2D eigenvalue weighted by Crippen LogP contribution is -2.34. The number of benzene rings is 1. The minimum Gasteiger partial charge on any atom is -0.320 e. The number of rotatable bonds is 7. The zero-order valence-electron chi connectivity index (χ0n) is 12.0. The molecule has 0 aromatic heterocycles. The SMILES string of the molecule is CNCCCN(C)S(=O)(=O)Nc1cc(C)cc(C)c1. The Morgan fingerprint density at radius 2 is 1.74 bits per heavy atom. The highest BCUT2D eigenvalue weighted by molar-refractivity contribution is 7.90. The largest absolute Gasteiger partial charge is 0.320 e. The molecule has 1 aromatic rings. The van der Waals surface area contributed by atoms with Crippen LogP contribution in [-0.2, 0) is 10.2 Å². The topological polar surface area (TPSA) is 61.4 Å². The molecule has 0 saturated heterocycles. The van der Waals surface area contributed by atoms with Crippen molar-refractivity contribution >= 4 is 15.9 Å². The first-order valence-corrected chi connectivity index (χ1v) is 7.76. The van der Waals surface area contributed by atoms with Crippen molar-refractivity contribution in [2.75, 3.05) is 31.9 Å². The molecule has 0 unspecified atom stereocenters. The summed E-state index contributed by atoms with van der Waals surface area (Å²) in [5, 5.41) is 3.00. The van der Waals surface area contributed by atoms with Crippen molar-refractivity contribution < 1.29 is 8.42 Å². The van der Waals surface area contributed by atoms with Gasteiger partial charge in [0.15, 0.2) is 0 Å². The fourth-order valence-corrected chi connectivity index (χ4v) is 2.80. The van der Waals surface area contributed by atoms with Gasteiger partial charge in [-0.3, -0.25) is 4.72 Å². The van der Waals surface area contributed by atoms with Gasteiger partial charge in [0.05, 0.1) is 5.69 Å². The van der Waals surface area contributed by atoms with E-state index in [1.165, 1.54) is 4.31 Å². The number of hydrogen-bond acceptors (Lipinski definition) is 3. The summed E-state index contributed by atoms with van der Waals surface area (Å²) in [6.45, 7) is 5.17. The summed E-state index contributed by atoms with van der Waals surface area (Å²) in [7, 11) is -0.0383. The number of nitrogens with one attached hydrogen (secondary N) is 2. The maximum Gasteiger partial charge on any atom is 0.301 e. The van der Waals surface area contributed by atoms with E-state index in [4.69, 9.17) is 0 Å². The second-order valence-corrected chi connectivity index (χ2v) is 6.54. The summed E-state index contributed by atoms with van der Waals surface area (Å²) < 4.78 is 28.2. The van der Waals surface area contributed by atoms with Gasteiger partial charge < -0.3 is 5.32 Å². The Kier molecular flexibility index (Phi) is 5.78. The zero-order chi connectivity index (χ0) is 14.5. The summed E-state index contributed by atoms with van der Waals surface area (Å²) in [6, 6.07) is 5.66. The normalized spacial score (nSPS) is 11.8. The van der Waals surface area contributed by atoms with Gasteiger partial charge in [-0.05, 0) is 57.1 Å². The molecule has 0 spiro atoms. The van der Waals surface area contributed by atoms with Crippen molar-refractivity contribution in [1.82, 2.24) is 9.62 Å².